The summed E-state index contributed by atoms with van der Waals surface area (Å²) in [6, 6.07) is 12.0. The normalized spacial score (nSPS) is 13.7. The molecule has 0 N–H and O–H groups in total. The van der Waals surface area contributed by atoms with Crippen LogP contribution in [0.15, 0.2) is 52.2 Å². The molecule has 0 atom stereocenters. The molecule has 7 heteroatoms. The van der Waals surface area contributed by atoms with Gasteiger partial charge in [0.15, 0.2) is 16.7 Å². The molecule has 0 fully saturated rings. The zero-order valence-electron chi connectivity index (χ0n) is 14.6. The number of fused-ring (bicyclic) bond motifs is 1. The minimum atomic E-state index is 0.134. The molecule has 1 amide bonds. The van der Waals surface area contributed by atoms with Crippen molar-refractivity contribution in [3.63, 3.8) is 0 Å². The second-order valence-electron chi connectivity index (χ2n) is 6.15. The van der Waals surface area contributed by atoms with Gasteiger partial charge in [0.1, 0.15) is 0 Å². The van der Waals surface area contributed by atoms with Crippen molar-refractivity contribution in [3.05, 3.63) is 53.8 Å². The standard InChI is InChI=1S/C19H20N4O2S/c1-2-23-18(16-8-5-11-25-16)20-21-19(23)26-13-17(24)22-10-9-14-6-3-4-7-15(14)12-22/h3-8,11H,2,9-10,12-13H2,1H3. The molecule has 0 saturated heterocycles. The maximum atomic E-state index is 12.6. The first-order chi connectivity index (χ1) is 12.8. The summed E-state index contributed by atoms with van der Waals surface area (Å²) >= 11 is 1.43. The fourth-order valence-electron chi connectivity index (χ4n) is 3.19. The molecule has 0 aliphatic carbocycles. The first kappa shape index (κ1) is 16.9. The Balaban J connectivity index is 1.42. The average Bonchev–Trinajstić information content (AvgIpc) is 3.34. The molecule has 1 aliphatic heterocycles. The molecule has 3 aromatic rings. The van der Waals surface area contributed by atoms with E-state index >= 15 is 0 Å². The molecular weight excluding hydrogens is 348 g/mol. The van der Waals surface area contributed by atoms with E-state index in [1.165, 1.54) is 22.9 Å². The Morgan fingerprint density at radius 2 is 2.04 bits per heavy atom. The summed E-state index contributed by atoms with van der Waals surface area (Å²) < 4.78 is 7.40. The van der Waals surface area contributed by atoms with Crippen molar-refractivity contribution in [2.24, 2.45) is 0 Å². The second kappa shape index (κ2) is 7.37. The van der Waals surface area contributed by atoms with Crippen LogP contribution in [0.1, 0.15) is 18.1 Å². The first-order valence-corrected chi connectivity index (χ1v) is 9.69. The molecule has 2 aromatic heterocycles. The second-order valence-corrected chi connectivity index (χ2v) is 7.09. The van der Waals surface area contributed by atoms with Crippen LogP contribution in [0.5, 0.6) is 0 Å². The molecule has 0 radical (unpaired) electrons. The number of furan rings is 1. The average molecular weight is 368 g/mol. The molecule has 0 bridgehead atoms. The van der Waals surface area contributed by atoms with E-state index < -0.39 is 0 Å². The van der Waals surface area contributed by atoms with Gasteiger partial charge in [0, 0.05) is 19.6 Å². The van der Waals surface area contributed by atoms with E-state index in [9.17, 15) is 4.79 Å². The van der Waals surface area contributed by atoms with Crippen LogP contribution in [0.3, 0.4) is 0 Å². The van der Waals surface area contributed by atoms with Crippen LogP contribution >= 0.6 is 11.8 Å². The summed E-state index contributed by atoms with van der Waals surface area (Å²) in [5.74, 6) is 1.87. The Morgan fingerprint density at radius 3 is 2.81 bits per heavy atom. The van der Waals surface area contributed by atoms with E-state index in [1.54, 1.807) is 6.26 Å². The molecule has 1 aliphatic rings. The summed E-state index contributed by atoms with van der Waals surface area (Å²) in [4.78, 5) is 14.6. The predicted molar refractivity (Wildman–Crippen MR) is 99.7 cm³/mol. The van der Waals surface area contributed by atoms with E-state index in [4.69, 9.17) is 4.42 Å². The molecular formula is C19H20N4O2S. The van der Waals surface area contributed by atoms with Gasteiger partial charge in [0.2, 0.25) is 5.91 Å². The third-order valence-electron chi connectivity index (χ3n) is 4.58. The predicted octanol–water partition coefficient (Wildman–Crippen LogP) is 3.24. The van der Waals surface area contributed by atoms with Crippen LogP contribution in [0.2, 0.25) is 0 Å². The van der Waals surface area contributed by atoms with E-state index in [0.29, 0.717) is 23.9 Å². The largest absolute Gasteiger partial charge is 0.461 e. The molecule has 0 unspecified atom stereocenters. The first-order valence-electron chi connectivity index (χ1n) is 8.70. The minimum absolute atomic E-state index is 0.134. The smallest absolute Gasteiger partial charge is 0.233 e. The molecule has 6 nitrogen and oxygen atoms in total. The van der Waals surface area contributed by atoms with Crippen molar-refractivity contribution in [1.29, 1.82) is 0 Å². The maximum absolute atomic E-state index is 12.6. The number of aromatic nitrogens is 3. The molecule has 26 heavy (non-hydrogen) atoms. The van der Waals surface area contributed by atoms with Crippen molar-refractivity contribution >= 4 is 17.7 Å². The Bertz CT molecular complexity index is 904. The lowest BCUT2D eigenvalue weighted by molar-refractivity contribution is -0.129. The van der Waals surface area contributed by atoms with Crippen molar-refractivity contribution in [2.75, 3.05) is 12.3 Å². The van der Waals surface area contributed by atoms with Crippen molar-refractivity contribution < 1.29 is 9.21 Å². The van der Waals surface area contributed by atoms with Crippen molar-refractivity contribution in [2.45, 2.75) is 31.6 Å². The van der Waals surface area contributed by atoms with Crippen LogP contribution < -0.4 is 0 Å². The van der Waals surface area contributed by atoms with Gasteiger partial charge in [0.25, 0.3) is 0 Å². The summed E-state index contributed by atoms with van der Waals surface area (Å²) in [6.07, 6.45) is 2.54. The number of thioether (sulfide) groups is 1. The number of hydrogen-bond acceptors (Lipinski definition) is 5. The lowest BCUT2D eigenvalue weighted by Gasteiger charge is -2.28. The number of carbonyl (C=O) groups is 1. The highest BCUT2D eigenvalue weighted by Gasteiger charge is 2.22. The van der Waals surface area contributed by atoms with Gasteiger partial charge in [-0.2, -0.15) is 0 Å². The lowest BCUT2D eigenvalue weighted by Crippen LogP contribution is -2.37. The maximum Gasteiger partial charge on any atom is 0.233 e. The van der Waals surface area contributed by atoms with Gasteiger partial charge in [0.05, 0.1) is 12.0 Å². The van der Waals surface area contributed by atoms with Gasteiger partial charge in [-0.25, -0.2) is 0 Å². The Kier molecular flexibility index (Phi) is 4.79. The number of hydrogen-bond donors (Lipinski definition) is 0. The van der Waals surface area contributed by atoms with E-state index in [-0.39, 0.29) is 5.91 Å². The van der Waals surface area contributed by atoms with Crippen LogP contribution in [0, 0.1) is 0 Å². The molecule has 1 aromatic carbocycles. The minimum Gasteiger partial charge on any atom is -0.461 e. The quantitative estimate of drug-likeness (QED) is 0.647. The number of carbonyl (C=O) groups excluding carboxylic acids is 1. The number of amides is 1. The van der Waals surface area contributed by atoms with E-state index in [2.05, 4.69) is 28.4 Å². The Hall–Kier alpha value is -2.54. The van der Waals surface area contributed by atoms with Crippen molar-refractivity contribution in [3.8, 4) is 11.6 Å². The third-order valence-corrected chi connectivity index (χ3v) is 5.53. The molecule has 3 heterocycles. The fraction of sp³-hybridized carbons (Fsp3) is 0.316. The Labute approximate surface area is 156 Å². The lowest BCUT2D eigenvalue weighted by atomic mass is 10.00. The highest BCUT2D eigenvalue weighted by atomic mass is 32.2. The zero-order chi connectivity index (χ0) is 17.9. The van der Waals surface area contributed by atoms with Gasteiger partial charge < -0.3 is 9.32 Å². The van der Waals surface area contributed by atoms with Gasteiger partial charge in [-0.05, 0) is 36.6 Å². The van der Waals surface area contributed by atoms with Gasteiger partial charge >= 0.3 is 0 Å². The van der Waals surface area contributed by atoms with Gasteiger partial charge in [-0.1, -0.05) is 36.0 Å². The third kappa shape index (κ3) is 3.26. The van der Waals surface area contributed by atoms with E-state index in [0.717, 1.165) is 24.7 Å². The highest BCUT2D eigenvalue weighted by molar-refractivity contribution is 7.99. The highest BCUT2D eigenvalue weighted by Crippen LogP contribution is 2.25. The Morgan fingerprint density at radius 1 is 1.19 bits per heavy atom. The van der Waals surface area contributed by atoms with E-state index in [1.807, 2.05) is 34.6 Å². The molecule has 4 rings (SSSR count). The summed E-state index contributed by atoms with van der Waals surface area (Å²) in [5, 5.41) is 9.20. The fourth-order valence-corrected chi connectivity index (χ4v) is 4.10. The van der Waals surface area contributed by atoms with Crippen molar-refractivity contribution in [1.82, 2.24) is 19.7 Å². The van der Waals surface area contributed by atoms with Gasteiger partial charge in [-0.15, -0.1) is 10.2 Å². The zero-order valence-corrected chi connectivity index (χ0v) is 15.4. The van der Waals surface area contributed by atoms with Crippen LogP contribution in [-0.2, 0) is 24.3 Å². The summed E-state index contributed by atoms with van der Waals surface area (Å²) in [6.45, 7) is 4.21. The number of rotatable bonds is 5. The summed E-state index contributed by atoms with van der Waals surface area (Å²) in [7, 11) is 0. The topological polar surface area (TPSA) is 64.2 Å². The van der Waals surface area contributed by atoms with Gasteiger partial charge in [-0.3, -0.25) is 9.36 Å². The molecule has 0 saturated carbocycles. The monoisotopic (exact) mass is 368 g/mol. The van der Waals surface area contributed by atoms with Crippen LogP contribution in [-0.4, -0.2) is 37.9 Å². The number of nitrogens with zero attached hydrogens (tertiary/aromatic N) is 4. The van der Waals surface area contributed by atoms with Crippen LogP contribution in [0.25, 0.3) is 11.6 Å². The number of benzene rings is 1. The van der Waals surface area contributed by atoms with Crippen LogP contribution in [0.4, 0.5) is 0 Å². The molecule has 0 spiro atoms. The molecule has 134 valence electrons. The summed E-state index contributed by atoms with van der Waals surface area (Å²) in [5.41, 5.74) is 2.59. The SMILES string of the molecule is CCn1c(SCC(=O)N2CCc3ccccc3C2)nnc1-c1ccco1.